The minimum Gasteiger partial charge on any atom is -0.493 e. The van der Waals surface area contributed by atoms with Gasteiger partial charge in [0.2, 0.25) is 5.91 Å². The second-order valence-corrected chi connectivity index (χ2v) is 9.66. The molecule has 8 heteroatoms. The van der Waals surface area contributed by atoms with Crippen LogP contribution in [0.2, 0.25) is 0 Å². The molecule has 1 aromatic carbocycles. The Bertz CT molecular complexity index is 1090. The summed E-state index contributed by atoms with van der Waals surface area (Å²) in [5.74, 6) is 1.02. The van der Waals surface area contributed by atoms with Crippen molar-refractivity contribution in [3.05, 3.63) is 70.3 Å². The van der Waals surface area contributed by atoms with E-state index in [2.05, 4.69) is 5.32 Å². The number of ether oxygens (including phenoxy) is 2. The standard InChI is InChI=1S/C27H32N2O5S/c1-32-21-13-12-19(18-23(21)33-2)14-15-29(27(31)22-10-6-16-34-22)25(24-11-7-17-35-24)26(30)28-20-8-4-3-5-9-20/h6-7,10-13,16-18,20,25H,3-5,8-9,14-15H2,1-2H3,(H,28,30). The van der Waals surface area contributed by atoms with Crippen LogP contribution in [0.25, 0.3) is 0 Å². The van der Waals surface area contributed by atoms with Crippen molar-refractivity contribution in [1.29, 1.82) is 0 Å². The maximum Gasteiger partial charge on any atom is 0.290 e. The lowest BCUT2D eigenvalue weighted by molar-refractivity contribution is -0.126. The fourth-order valence-electron chi connectivity index (χ4n) is 4.57. The Hall–Kier alpha value is -3.26. The third-order valence-corrected chi connectivity index (χ3v) is 7.33. The molecule has 1 N–H and O–H groups in total. The van der Waals surface area contributed by atoms with Gasteiger partial charge in [0.25, 0.3) is 5.91 Å². The van der Waals surface area contributed by atoms with E-state index in [9.17, 15) is 9.59 Å². The average molecular weight is 497 g/mol. The van der Waals surface area contributed by atoms with Gasteiger partial charge in [-0.05, 0) is 60.5 Å². The molecule has 7 nitrogen and oxygen atoms in total. The molecular formula is C27H32N2O5S. The number of methoxy groups -OCH3 is 2. The maximum absolute atomic E-state index is 13.7. The van der Waals surface area contributed by atoms with Crippen LogP contribution in [0.3, 0.4) is 0 Å². The largest absolute Gasteiger partial charge is 0.493 e. The minimum absolute atomic E-state index is 0.144. The van der Waals surface area contributed by atoms with Gasteiger partial charge < -0.3 is 24.1 Å². The first-order valence-corrected chi connectivity index (χ1v) is 12.9. The van der Waals surface area contributed by atoms with Crippen molar-refractivity contribution in [3.8, 4) is 11.5 Å². The molecule has 1 atom stereocenters. The molecule has 1 aliphatic carbocycles. The summed E-state index contributed by atoms with van der Waals surface area (Å²) < 4.78 is 16.2. The van der Waals surface area contributed by atoms with Crippen molar-refractivity contribution < 1.29 is 23.5 Å². The molecule has 0 radical (unpaired) electrons. The van der Waals surface area contributed by atoms with Crippen molar-refractivity contribution in [2.75, 3.05) is 20.8 Å². The van der Waals surface area contributed by atoms with Crippen molar-refractivity contribution in [3.63, 3.8) is 0 Å². The summed E-state index contributed by atoms with van der Waals surface area (Å²) in [5, 5.41) is 5.16. The van der Waals surface area contributed by atoms with Crippen LogP contribution in [-0.4, -0.2) is 43.5 Å². The third kappa shape index (κ3) is 6.06. The first-order valence-electron chi connectivity index (χ1n) is 12.0. The van der Waals surface area contributed by atoms with Crippen LogP contribution < -0.4 is 14.8 Å². The Balaban J connectivity index is 1.62. The van der Waals surface area contributed by atoms with E-state index in [4.69, 9.17) is 13.9 Å². The number of furan rings is 1. The van der Waals surface area contributed by atoms with Gasteiger partial charge in [-0.25, -0.2) is 0 Å². The molecule has 186 valence electrons. The number of hydrogen-bond donors (Lipinski definition) is 1. The van der Waals surface area contributed by atoms with Crippen LogP contribution in [-0.2, 0) is 11.2 Å². The van der Waals surface area contributed by atoms with E-state index in [1.54, 1.807) is 31.3 Å². The Morgan fingerprint density at radius 1 is 1.09 bits per heavy atom. The van der Waals surface area contributed by atoms with E-state index < -0.39 is 6.04 Å². The van der Waals surface area contributed by atoms with Crippen molar-refractivity contribution in [2.45, 2.75) is 50.6 Å². The monoisotopic (exact) mass is 496 g/mol. The molecule has 0 aliphatic heterocycles. The predicted molar refractivity (Wildman–Crippen MR) is 135 cm³/mol. The zero-order valence-electron chi connectivity index (χ0n) is 20.2. The number of hydrogen-bond acceptors (Lipinski definition) is 6. The quantitative estimate of drug-likeness (QED) is 0.416. The van der Waals surface area contributed by atoms with Crippen LogP contribution in [0, 0.1) is 0 Å². The van der Waals surface area contributed by atoms with Gasteiger partial charge in [-0.1, -0.05) is 31.4 Å². The summed E-state index contributed by atoms with van der Waals surface area (Å²) in [6.45, 7) is 0.329. The summed E-state index contributed by atoms with van der Waals surface area (Å²) in [7, 11) is 3.19. The van der Waals surface area contributed by atoms with Gasteiger partial charge >= 0.3 is 0 Å². The molecule has 2 heterocycles. The number of carbonyl (C=O) groups is 2. The molecule has 1 unspecified atom stereocenters. The summed E-state index contributed by atoms with van der Waals surface area (Å²) in [4.78, 5) is 29.7. The van der Waals surface area contributed by atoms with Gasteiger partial charge in [0.05, 0.1) is 20.5 Å². The van der Waals surface area contributed by atoms with Crippen LogP contribution in [0.5, 0.6) is 11.5 Å². The van der Waals surface area contributed by atoms with Crippen molar-refractivity contribution in [2.24, 2.45) is 0 Å². The van der Waals surface area contributed by atoms with Gasteiger partial charge in [-0.3, -0.25) is 9.59 Å². The fourth-order valence-corrected chi connectivity index (χ4v) is 5.41. The minimum atomic E-state index is -0.741. The highest BCUT2D eigenvalue weighted by Gasteiger charge is 2.34. The molecule has 1 saturated carbocycles. The highest BCUT2D eigenvalue weighted by molar-refractivity contribution is 7.10. The van der Waals surface area contributed by atoms with Gasteiger partial charge in [0.1, 0.15) is 6.04 Å². The smallest absolute Gasteiger partial charge is 0.290 e. The fraction of sp³-hybridized carbons (Fsp3) is 0.407. The summed E-state index contributed by atoms with van der Waals surface area (Å²) in [5.41, 5.74) is 0.970. The predicted octanol–water partition coefficient (Wildman–Crippen LogP) is 5.23. The summed E-state index contributed by atoms with van der Waals surface area (Å²) in [6.07, 6.45) is 7.38. The van der Waals surface area contributed by atoms with E-state index in [0.717, 1.165) is 36.1 Å². The van der Waals surface area contributed by atoms with Gasteiger partial charge in [-0.2, -0.15) is 0 Å². The lowest BCUT2D eigenvalue weighted by atomic mass is 9.95. The molecular weight excluding hydrogens is 464 g/mol. The first kappa shape index (κ1) is 24.9. The maximum atomic E-state index is 13.7. The summed E-state index contributed by atoms with van der Waals surface area (Å²) >= 11 is 1.48. The number of nitrogens with zero attached hydrogens (tertiary/aromatic N) is 1. The van der Waals surface area contributed by atoms with Crippen molar-refractivity contribution >= 4 is 23.2 Å². The van der Waals surface area contributed by atoms with Crippen LogP contribution >= 0.6 is 11.3 Å². The molecule has 1 fully saturated rings. The summed E-state index contributed by atoms with van der Waals surface area (Å²) in [6, 6.07) is 12.2. The molecule has 0 spiro atoms. The van der Waals surface area contributed by atoms with E-state index in [1.807, 2.05) is 35.7 Å². The van der Waals surface area contributed by atoms with Crippen LogP contribution in [0.4, 0.5) is 0 Å². The Labute approximate surface area is 210 Å². The lowest BCUT2D eigenvalue weighted by Crippen LogP contribution is -2.47. The van der Waals surface area contributed by atoms with E-state index in [1.165, 1.54) is 24.0 Å². The first-order chi connectivity index (χ1) is 17.1. The molecule has 2 amide bonds. The number of thiophene rings is 1. The van der Waals surface area contributed by atoms with Crippen LogP contribution in [0.15, 0.2) is 58.5 Å². The highest BCUT2D eigenvalue weighted by Crippen LogP contribution is 2.31. The topological polar surface area (TPSA) is 81.0 Å². The third-order valence-electron chi connectivity index (χ3n) is 6.41. The average Bonchev–Trinajstić information content (AvgIpc) is 3.61. The Morgan fingerprint density at radius 2 is 1.89 bits per heavy atom. The number of rotatable bonds is 10. The van der Waals surface area contributed by atoms with E-state index >= 15 is 0 Å². The molecule has 0 bridgehead atoms. The Kier molecular flexibility index (Phi) is 8.47. The van der Waals surface area contributed by atoms with Crippen molar-refractivity contribution in [1.82, 2.24) is 10.2 Å². The molecule has 35 heavy (non-hydrogen) atoms. The van der Waals surface area contributed by atoms with Gasteiger partial charge in [-0.15, -0.1) is 11.3 Å². The number of benzene rings is 1. The molecule has 4 rings (SSSR count). The zero-order chi connectivity index (χ0) is 24.6. The second kappa shape index (κ2) is 11.9. The second-order valence-electron chi connectivity index (χ2n) is 8.68. The van der Waals surface area contributed by atoms with Gasteiger partial charge in [0, 0.05) is 17.5 Å². The highest BCUT2D eigenvalue weighted by atomic mass is 32.1. The zero-order valence-corrected chi connectivity index (χ0v) is 21.0. The van der Waals surface area contributed by atoms with Crippen LogP contribution in [0.1, 0.15) is 59.1 Å². The lowest BCUT2D eigenvalue weighted by Gasteiger charge is -2.32. The van der Waals surface area contributed by atoms with Gasteiger partial charge in [0.15, 0.2) is 17.3 Å². The molecule has 1 aliphatic rings. The van der Waals surface area contributed by atoms with E-state index in [0.29, 0.717) is 24.5 Å². The Morgan fingerprint density at radius 3 is 2.54 bits per heavy atom. The molecule has 0 saturated heterocycles. The molecule has 2 aromatic heterocycles. The number of nitrogens with one attached hydrogen (secondary N) is 1. The molecule has 3 aromatic rings. The normalized spacial score (nSPS) is 14.8. The number of amides is 2. The SMILES string of the molecule is COc1ccc(CCN(C(=O)c2ccco2)C(C(=O)NC2CCCCC2)c2cccs2)cc1OC. The van der Waals surface area contributed by atoms with E-state index in [-0.39, 0.29) is 23.6 Å². The number of carbonyl (C=O) groups excluding carboxylic acids is 2.